The number of rotatable bonds is 3. The van der Waals surface area contributed by atoms with E-state index in [4.69, 9.17) is 16.6 Å². The predicted molar refractivity (Wildman–Crippen MR) is 80.7 cm³/mol. The molecule has 98 valence electrons. The van der Waals surface area contributed by atoms with E-state index in [1.807, 2.05) is 30.5 Å². The van der Waals surface area contributed by atoms with Crippen LogP contribution in [0.5, 0.6) is 0 Å². The summed E-state index contributed by atoms with van der Waals surface area (Å²) in [6.07, 6.45) is 1.81. The molecule has 0 N–H and O–H groups in total. The molecule has 3 rings (SSSR count). The van der Waals surface area contributed by atoms with Crippen molar-refractivity contribution in [3.05, 3.63) is 34.8 Å². The molecule has 3 aromatic rings. The van der Waals surface area contributed by atoms with E-state index in [0.29, 0.717) is 5.92 Å². The predicted octanol–water partition coefficient (Wildman–Crippen LogP) is 4.47. The van der Waals surface area contributed by atoms with E-state index >= 15 is 0 Å². The lowest BCUT2D eigenvalue weighted by molar-refractivity contribution is 0.534. The maximum Gasteiger partial charge on any atom is 0.160 e. The van der Waals surface area contributed by atoms with Crippen LogP contribution in [0.25, 0.3) is 21.9 Å². The van der Waals surface area contributed by atoms with Crippen molar-refractivity contribution < 1.29 is 0 Å². The quantitative estimate of drug-likeness (QED) is 0.713. The molecule has 3 nitrogen and oxygen atoms in total. The van der Waals surface area contributed by atoms with Crippen LogP contribution in [0.15, 0.2) is 30.5 Å². The van der Waals surface area contributed by atoms with Gasteiger partial charge in [0.2, 0.25) is 0 Å². The van der Waals surface area contributed by atoms with Crippen molar-refractivity contribution in [2.75, 3.05) is 0 Å². The smallest absolute Gasteiger partial charge is 0.160 e. The lowest BCUT2D eigenvalue weighted by atomic mass is 10.2. The van der Waals surface area contributed by atoms with E-state index in [2.05, 4.69) is 23.4 Å². The van der Waals surface area contributed by atoms with Crippen LogP contribution < -0.4 is 0 Å². The van der Waals surface area contributed by atoms with Gasteiger partial charge in [-0.05, 0) is 30.2 Å². The Morgan fingerprint density at radius 3 is 2.84 bits per heavy atom. The molecule has 0 saturated carbocycles. The van der Waals surface area contributed by atoms with Crippen molar-refractivity contribution in [2.24, 2.45) is 5.92 Å². The van der Waals surface area contributed by atoms with Crippen LogP contribution in [-0.4, -0.2) is 14.5 Å². The van der Waals surface area contributed by atoms with Gasteiger partial charge in [0.15, 0.2) is 11.5 Å². The summed E-state index contributed by atoms with van der Waals surface area (Å²) in [5, 5.41) is 0. The molecule has 19 heavy (non-hydrogen) atoms. The molecule has 0 unspecified atom stereocenters. The second kappa shape index (κ2) is 4.94. The summed E-state index contributed by atoms with van der Waals surface area (Å²) < 4.78 is 2.97. The number of hydrogen-bond acceptors (Lipinski definition) is 3. The molecule has 3 heterocycles. The minimum absolute atomic E-state index is 0.536. The minimum Gasteiger partial charge on any atom is -0.308 e. The van der Waals surface area contributed by atoms with E-state index in [1.54, 1.807) is 11.3 Å². The summed E-state index contributed by atoms with van der Waals surface area (Å²) in [5.41, 5.74) is 1.87. The Bertz CT molecular complexity index is 714. The fourth-order valence-electron chi connectivity index (χ4n) is 2.12. The van der Waals surface area contributed by atoms with Crippen LogP contribution in [0.1, 0.15) is 13.8 Å². The molecule has 0 aliphatic heterocycles. The summed E-state index contributed by atoms with van der Waals surface area (Å²) in [6.45, 7) is 5.29. The van der Waals surface area contributed by atoms with Crippen LogP contribution in [0.3, 0.4) is 0 Å². The molecule has 0 radical (unpaired) electrons. The van der Waals surface area contributed by atoms with Crippen molar-refractivity contribution in [3.8, 4) is 10.7 Å². The zero-order chi connectivity index (χ0) is 13.4. The van der Waals surface area contributed by atoms with Gasteiger partial charge >= 0.3 is 0 Å². The Morgan fingerprint density at radius 1 is 1.32 bits per heavy atom. The Hall–Kier alpha value is -1.39. The molecular formula is C14H14ClN3S. The molecular weight excluding hydrogens is 278 g/mol. The van der Waals surface area contributed by atoms with Crippen LogP contribution in [0, 0.1) is 5.92 Å². The molecule has 0 aliphatic carbocycles. The maximum absolute atomic E-state index is 6.03. The van der Waals surface area contributed by atoms with Crippen LogP contribution >= 0.6 is 22.9 Å². The first-order valence-electron chi connectivity index (χ1n) is 6.22. The van der Waals surface area contributed by atoms with Gasteiger partial charge in [-0.3, -0.25) is 0 Å². The molecule has 5 heteroatoms. The van der Waals surface area contributed by atoms with E-state index in [-0.39, 0.29) is 0 Å². The molecule has 0 amide bonds. The lowest BCUT2D eigenvalue weighted by Crippen LogP contribution is -2.06. The number of thiophene rings is 1. The average molecular weight is 292 g/mol. The molecule has 3 aromatic heterocycles. The lowest BCUT2D eigenvalue weighted by Gasteiger charge is -2.09. The second-order valence-corrected chi connectivity index (χ2v) is 6.60. The van der Waals surface area contributed by atoms with Crippen LogP contribution in [0.4, 0.5) is 0 Å². The standard InChI is InChI=1S/C14H14ClN3S/c1-9(2)8-18-13-10(4-3-7-16-13)17-14(18)11-5-6-12(15)19-11/h3-7,9H,8H2,1-2H3. The molecule has 0 aliphatic rings. The first-order valence-corrected chi connectivity index (χ1v) is 7.41. The van der Waals surface area contributed by atoms with Gasteiger partial charge in [0.05, 0.1) is 9.21 Å². The topological polar surface area (TPSA) is 30.7 Å². The Balaban J connectivity index is 2.22. The number of aromatic nitrogens is 3. The van der Waals surface area contributed by atoms with E-state index in [0.717, 1.165) is 32.7 Å². The molecule has 0 atom stereocenters. The Morgan fingerprint density at radius 2 is 2.16 bits per heavy atom. The fourth-order valence-corrected chi connectivity index (χ4v) is 3.16. The third-order valence-electron chi connectivity index (χ3n) is 2.85. The van der Waals surface area contributed by atoms with Gasteiger partial charge < -0.3 is 4.57 Å². The minimum atomic E-state index is 0.536. The fraction of sp³-hybridized carbons (Fsp3) is 0.286. The highest BCUT2D eigenvalue weighted by molar-refractivity contribution is 7.19. The van der Waals surface area contributed by atoms with E-state index in [1.165, 1.54) is 0 Å². The van der Waals surface area contributed by atoms with Crippen LogP contribution in [0.2, 0.25) is 4.34 Å². The van der Waals surface area contributed by atoms with Crippen LogP contribution in [-0.2, 0) is 6.54 Å². The molecule has 0 fully saturated rings. The number of imidazole rings is 1. The van der Waals surface area contributed by atoms with Gasteiger partial charge in [0, 0.05) is 12.7 Å². The highest BCUT2D eigenvalue weighted by atomic mass is 35.5. The zero-order valence-corrected chi connectivity index (χ0v) is 12.4. The highest BCUT2D eigenvalue weighted by Crippen LogP contribution is 2.32. The summed E-state index contributed by atoms with van der Waals surface area (Å²) >= 11 is 7.58. The zero-order valence-electron chi connectivity index (χ0n) is 10.8. The van der Waals surface area contributed by atoms with Gasteiger partial charge in [-0.1, -0.05) is 25.4 Å². The molecule has 0 bridgehead atoms. The maximum atomic E-state index is 6.03. The molecule has 0 aromatic carbocycles. The average Bonchev–Trinajstić information content (AvgIpc) is 2.94. The summed E-state index contributed by atoms with van der Waals surface area (Å²) in [6, 6.07) is 7.84. The van der Waals surface area contributed by atoms with Crippen molar-refractivity contribution in [2.45, 2.75) is 20.4 Å². The third-order valence-corrected chi connectivity index (χ3v) is 4.07. The van der Waals surface area contributed by atoms with E-state index in [9.17, 15) is 0 Å². The van der Waals surface area contributed by atoms with Crippen molar-refractivity contribution >= 4 is 34.1 Å². The number of nitrogens with zero attached hydrogens (tertiary/aromatic N) is 3. The van der Waals surface area contributed by atoms with Crippen molar-refractivity contribution in [1.82, 2.24) is 14.5 Å². The number of fused-ring (bicyclic) bond motifs is 1. The SMILES string of the molecule is CC(C)Cn1c(-c2ccc(Cl)s2)nc2cccnc21. The Kier molecular flexibility index (Phi) is 3.29. The third kappa shape index (κ3) is 2.38. The highest BCUT2D eigenvalue weighted by Gasteiger charge is 2.15. The van der Waals surface area contributed by atoms with Gasteiger partial charge in [-0.2, -0.15) is 0 Å². The largest absolute Gasteiger partial charge is 0.308 e. The monoisotopic (exact) mass is 291 g/mol. The second-order valence-electron chi connectivity index (χ2n) is 4.89. The molecule has 0 spiro atoms. The number of pyridine rings is 1. The van der Waals surface area contributed by atoms with Crippen molar-refractivity contribution in [3.63, 3.8) is 0 Å². The first-order chi connectivity index (χ1) is 9.15. The normalized spacial score (nSPS) is 11.6. The van der Waals surface area contributed by atoms with Gasteiger partial charge in [-0.25, -0.2) is 9.97 Å². The summed E-state index contributed by atoms with van der Waals surface area (Å²) in [4.78, 5) is 10.2. The number of hydrogen-bond donors (Lipinski definition) is 0. The van der Waals surface area contributed by atoms with E-state index < -0.39 is 0 Å². The van der Waals surface area contributed by atoms with Gasteiger partial charge in [0.1, 0.15) is 5.52 Å². The Labute approximate surface area is 120 Å². The van der Waals surface area contributed by atoms with Gasteiger partial charge in [0.25, 0.3) is 0 Å². The van der Waals surface area contributed by atoms with Gasteiger partial charge in [-0.15, -0.1) is 11.3 Å². The molecule has 0 saturated heterocycles. The summed E-state index contributed by atoms with van der Waals surface area (Å²) in [7, 11) is 0. The summed E-state index contributed by atoms with van der Waals surface area (Å²) in [5.74, 6) is 1.49. The van der Waals surface area contributed by atoms with Crippen molar-refractivity contribution in [1.29, 1.82) is 0 Å². The number of halogens is 1. The first kappa shape index (κ1) is 12.6.